The number of rotatable bonds is 4. The Bertz CT molecular complexity index is 702. The van der Waals surface area contributed by atoms with Crippen LogP contribution in [0.5, 0.6) is 0 Å². The smallest absolute Gasteiger partial charge is 0.153 e. The first-order valence-corrected chi connectivity index (χ1v) is 9.36. The quantitative estimate of drug-likeness (QED) is 0.926. The fraction of sp³-hybridized carbons (Fsp3) is 0.600. The highest BCUT2D eigenvalue weighted by molar-refractivity contribution is 5.26. The molecule has 0 amide bonds. The Balaban J connectivity index is 1.31. The van der Waals surface area contributed by atoms with Crippen LogP contribution in [0.1, 0.15) is 51.5 Å². The number of pyridine rings is 1. The van der Waals surface area contributed by atoms with Gasteiger partial charge in [0, 0.05) is 31.2 Å². The Morgan fingerprint density at radius 3 is 2.80 bits per heavy atom. The van der Waals surface area contributed by atoms with Crippen LogP contribution in [0, 0.1) is 5.41 Å². The van der Waals surface area contributed by atoms with Crippen molar-refractivity contribution in [2.75, 3.05) is 6.61 Å². The summed E-state index contributed by atoms with van der Waals surface area (Å²) in [4.78, 5) is 4.40. The van der Waals surface area contributed by atoms with Crippen LogP contribution in [0.15, 0.2) is 36.8 Å². The molecule has 2 aromatic rings. The lowest BCUT2D eigenvalue weighted by atomic mass is 9.70. The van der Waals surface area contributed by atoms with E-state index in [1.54, 1.807) is 10.9 Å². The lowest BCUT2D eigenvalue weighted by Gasteiger charge is -2.37. The Morgan fingerprint density at radius 1 is 1.28 bits per heavy atom. The number of ether oxygens (including phenoxy) is 1. The summed E-state index contributed by atoms with van der Waals surface area (Å²) in [5, 5.41) is 7.99. The first-order valence-electron chi connectivity index (χ1n) is 9.36. The number of nitrogens with one attached hydrogen (secondary N) is 1. The van der Waals surface area contributed by atoms with Gasteiger partial charge in [-0.1, -0.05) is 0 Å². The summed E-state index contributed by atoms with van der Waals surface area (Å²) in [6.45, 7) is 6.29. The van der Waals surface area contributed by atoms with E-state index in [9.17, 15) is 0 Å². The molecule has 134 valence electrons. The molecule has 1 spiro atoms. The minimum absolute atomic E-state index is 0.0696. The molecular formula is C20H28N4O. The fourth-order valence-corrected chi connectivity index (χ4v) is 4.47. The molecule has 4 rings (SSSR count). The standard InChI is InChI=1S/C20H28N4O/c1-19(2)14-20(15-25-19)7-4-17(5-8-20)22-13-16-6-10-21-18(12-16)24-11-3-9-23-24/h3,6,9-12,17,22H,4-5,7-8,13-15H2,1-2H3. The largest absolute Gasteiger partial charge is 0.375 e. The van der Waals surface area contributed by atoms with E-state index in [0.717, 1.165) is 19.0 Å². The third-order valence-corrected chi connectivity index (χ3v) is 5.76. The van der Waals surface area contributed by atoms with Gasteiger partial charge in [0.1, 0.15) is 0 Å². The van der Waals surface area contributed by atoms with E-state index in [2.05, 4.69) is 41.4 Å². The first kappa shape index (κ1) is 16.7. The van der Waals surface area contributed by atoms with Gasteiger partial charge < -0.3 is 10.1 Å². The molecule has 2 aromatic heterocycles. The third kappa shape index (κ3) is 3.77. The second kappa shape index (κ2) is 6.54. The minimum atomic E-state index is 0.0696. The fourth-order valence-electron chi connectivity index (χ4n) is 4.47. The average molecular weight is 340 g/mol. The maximum Gasteiger partial charge on any atom is 0.153 e. The molecule has 3 heterocycles. The van der Waals surface area contributed by atoms with Gasteiger partial charge in [0.05, 0.1) is 12.2 Å². The summed E-state index contributed by atoms with van der Waals surface area (Å²) in [7, 11) is 0. The summed E-state index contributed by atoms with van der Waals surface area (Å²) >= 11 is 0. The molecule has 0 aromatic carbocycles. The van der Waals surface area contributed by atoms with Gasteiger partial charge in [0.2, 0.25) is 0 Å². The molecule has 1 aliphatic heterocycles. The second-order valence-electron chi connectivity index (χ2n) is 8.35. The van der Waals surface area contributed by atoms with Crippen LogP contribution < -0.4 is 5.32 Å². The van der Waals surface area contributed by atoms with Gasteiger partial charge in [0.15, 0.2) is 5.82 Å². The maximum atomic E-state index is 6.01. The molecule has 5 nitrogen and oxygen atoms in total. The number of hydrogen-bond donors (Lipinski definition) is 1. The Kier molecular flexibility index (Phi) is 4.38. The molecule has 25 heavy (non-hydrogen) atoms. The van der Waals surface area contributed by atoms with Crippen LogP contribution in [-0.4, -0.2) is 33.0 Å². The van der Waals surface area contributed by atoms with Gasteiger partial charge in [0.25, 0.3) is 0 Å². The second-order valence-corrected chi connectivity index (χ2v) is 8.35. The molecule has 0 radical (unpaired) electrons. The summed E-state index contributed by atoms with van der Waals surface area (Å²) in [5.41, 5.74) is 1.76. The summed E-state index contributed by atoms with van der Waals surface area (Å²) < 4.78 is 7.81. The molecule has 1 aliphatic carbocycles. The van der Waals surface area contributed by atoms with Crippen LogP contribution in [0.4, 0.5) is 0 Å². The van der Waals surface area contributed by atoms with Crippen LogP contribution in [-0.2, 0) is 11.3 Å². The molecule has 0 bridgehead atoms. The zero-order valence-corrected chi connectivity index (χ0v) is 15.2. The Hall–Kier alpha value is -1.72. The van der Waals surface area contributed by atoms with E-state index in [-0.39, 0.29) is 5.60 Å². The van der Waals surface area contributed by atoms with Crippen molar-refractivity contribution in [3.05, 3.63) is 42.4 Å². The van der Waals surface area contributed by atoms with Crippen molar-refractivity contribution in [1.82, 2.24) is 20.1 Å². The van der Waals surface area contributed by atoms with Crippen molar-refractivity contribution in [2.24, 2.45) is 5.41 Å². The van der Waals surface area contributed by atoms with E-state index < -0.39 is 0 Å². The van der Waals surface area contributed by atoms with Crippen LogP contribution >= 0.6 is 0 Å². The lowest BCUT2D eigenvalue weighted by molar-refractivity contribution is 0.0277. The van der Waals surface area contributed by atoms with Gasteiger partial charge in [-0.3, -0.25) is 0 Å². The topological polar surface area (TPSA) is 52.0 Å². The van der Waals surface area contributed by atoms with E-state index in [4.69, 9.17) is 4.74 Å². The highest BCUT2D eigenvalue weighted by atomic mass is 16.5. The van der Waals surface area contributed by atoms with E-state index in [1.165, 1.54) is 37.7 Å². The van der Waals surface area contributed by atoms with Gasteiger partial charge in [-0.2, -0.15) is 5.10 Å². The predicted molar refractivity (Wildman–Crippen MR) is 97.5 cm³/mol. The van der Waals surface area contributed by atoms with Crippen LogP contribution in [0.2, 0.25) is 0 Å². The monoisotopic (exact) mass is 340 g/mol. The summed E-state index contributed by atoms with van der Waals surface area (Å²) in [6.07, 6.45) is 11.8. The molecule has 2 aliphatic rings. The third-order valence-electron chi connectivity index (χ3n) is 5.76. The lowest BCUT2D eigenvalue weighted by Crippen LogP contribution is -2.38. The van der Waals surface area contributed by atoms with Crippen molar-refractivity contribution in [3.8, 4) is 5.82 Å². The normalized spacial score (nSPS) is 28.5. The summed E-state index contributed by atoms with van der Waals surface area (Å²) in [5.74, 6) is 0.872. The number of hydrogen-bond acceptors (Lipinski definition) is 4. The highest BCUT2D eigenvalue weighted by Gasteiger charge is 2.45. The van der Waals surface area contributed by atoms with E-state index in [0.29, 0.717) is 11.5 Å². The maximum absolute atomic E-state index is 6.01. The van der Waals surface area contributed by atoms with Crippen molar-refractivity contribution >= 4 is 0 Å². The van der Waals surface area contributed by atoms with Crippen LogP contribution in [0.25, 0.3) is 5.82 Å². The van der Waals surface area contributed by atoms with Crippen molar-refractivity contribution in [2.45, 2.75) is 64.1 Å². The molecule has 0 atom stereocenters. The molecule has 1 saturated heterocycles. The summed E-state index contributed by atoms with van der Waals surface area (Å²) in [6, 6.07) is 6.71. The van der Waals surface area contributed by atoms with Gasteiger partial charge >= 0.3 is 0 Å². The Morgan fingerprint density at radius 2 is 2.12 bits per heavy atom. The first-order chi connectivity index (χ1) is 12.0. The molecular weight excluding hydrogens is 312 g/mol. The van der Waals surface area contributed by atoms with Gasteiger partial charge in [-0.25, -0.2) is 9.67 Å². The zero-order valence-electron chi connectivity index (χ0n) is 15.2. The molecule has 0 unspecified atom stereocenters. The minimum Gasteiger partial charge on any atom is -0.375 e. The van der Waals surface area contributed by atoms with Crippen molar-refractivity contribution in [3.63, 3.8) is 0 Å². The highest BCUT2D eigenvalue weighted by Crippen LogP contribution is 2.48. The molecule has 1 N–H and O–H groups in total. The Labute approximate surface area is 149 Å². The predicted octanol–water partition coefficient (Wildman–Crippen LogP) is 3.48. The number of nitrogens with zero attached hydrogens (tertiary/aromatic N) is 3. The van der Waals surface area contributed by atoms with Gasteiger partial charge in [-0.15, -0.1) is 0 Å². The molecule has 5 heteroatoms. The SMILES string of the molecule is CC1(C)CC2(CCC(NCc3ccnc(-n4cccn4)c3)CC2)CO1. The number of aromatic nitrogens is 3. The average Bonchev–Trinajstić information content (AvgIpc) is 3.23. The van der Waals surface area contributed by atoms with Crippen molar-refractivity contribution in [1.29, 1.82) is 0 Å². The van der Waals surface area contributed by atoms with E-state index >= 15 is 0 Å². The van der Waals surface area contributed by atoms with Crippen LogP contribution in [0.3, 0.4) is 0 Å². The van der Waals surface area contributed by atoms with Gasteiger partial charge in [-0.05, 0) is 75.1 Å². The van der Waals surface area contributed by atoms with Crippen molar-refractivity contribution < 1.29 is 4.74 Å². The zero-order chi connectivity index (χ0) is 17.3. The molecule has 1 saturated carbocycles. The van der Waals surface area contributed by atoms with E-state index in [1.807, 2.05) is 18.5 Å². The molecule has 2 fully saturated rings.